The minimum atomic E-state index is -3.51. The molecule has 0 aromatic carbocycles. The van der Waals surface area contributed by atoms with E-state index < -0.39 is 10.0 Å². The molecule has 0 saturated heterocycles. The number of aromatic nitrogens is 1. The van der Waals surface area contributed by atoms with Crippen LogP contribution in [0.25, 0.3) is 0 Å². The van der Waals surface area contributed by atoms with Crippen LogP contribution in [0.15, 0.2) is 23.4 Å². The highest BCUT2D eigenvalue weighted by atomic mass is 32.2. The fourth-order valence-corrected chi connectivity index (χ4v) is 2.97. The monoisotopic (exact) mass is 294 g/mol. The quantitative estimate of drug-likeness (QED) is 0.791. The number of nitrogens with one attached hydrogen (secondary N) is 1. The van der Waals surface area contributed by atoms with Crippen molar-refractivity contribution < 1.29 is 13.5 Å². The molecule has 0 radical (unpaired) electrons. The maximum Gasteiger partial charge on any atom is 0.242 e. The molecule has 0 unspecified atom stereocenters. The van der Waals surface area contributed by atoms with Gasteiger partial charge in [0.2, 0.25) is 10.0 Å². The second kappa shape index (κ2) is 6.84. The summed E-state index contributed by atoms with van der Waals surface area (Å²) in [5.41, 5.74) is 0.532. The van der Waals surface area contributed by atoms with Crippen LogP contribution in [0.4, 0.5) is 0 Å². The average molecular weight is 294 g/mol. The van der Waals surface area contributed by atoms with Crippen molar-refractivity contribution in [3.63, 3.8) is 0 Å². The lowest BCUT2D eigenvalue weighted by atomic mass is 9.86. The summed E-state index contributed by atoms with van der Waals surface area (Å²) in [6.07, 6.45) is 6.55. The molecule has 0 bridgehead atoms. The number of hydrogen-bond acceptors (Lipinski definition) is 4. The summed E-state index contributed by atoms with van der Waals surface area (Å²) < 4.78 is 26.9. The Morgan fingerprint density at radius 1 is 1.40 bits per heavy atom. The van der Waals surface area contributed by atoms with E-state index in [0.29, 0.717) is 24.4 Å². The highest BCUT2D eigenvalue weighted by molar-refractivity contribution is 7.89. The molecule has 1 heterocycles. The van der Waals surface area contributed by atoms with Gasteiger partial charge < -0.3 is 5.11 Å². The predicted octanol–water partition coefficient (Wildman–Crippen LogP) is 0.894. The van der Waals surface area contributed by atoms with Crippen molar-refractivity contribution in [2.45, 2.75) is 30.6 Å². The van der Waals surface area contributed by atoms with Crippen LogP contribution in [0, 0.1) is 17.8 Å². The second-order valence-electron chi connectivity index (χ2n) is 4.83. The number of rotatable bonds is 5. The Morgan fingerprint density at radius 3 is 2.85 bits per heavy atom. The van der Waals surface area contributed by atoms with E-state index in [-0.39, 0.29) is 11.5 Å². The van der Waals surface area contributed by atoms with Crippen molar-refractivity contribution in [1.82, 2.24) is 9.71 Å². The van der Waals surface area contributed by atoms with Crippen LogP contribution in [0.5, 0.6) is 0 Å². The lowest BCUT2D eigenvalue weighted by Gasteiger charge is -2.25. The molecular formula is C14H18N2O3S. The van der Waals surface area contributed by atoms with E-state index in [1.54, 1.807) is 0 Å². The minimum absolute atomic E-state index is 0.0125. The first-order valence-electron chi connectivity index (χ1n) is 6.66. The molecule has 0 atom stereocenters. The third-order valence-corrected chi connectivity index (χ3v) is 4.67. The van der Waals surface area contributed by atoms with Gasteiger partial charge in [-0.3, -0.25) is 4.98 Å². The van der Waals surface area contributed by atoms with Gasteiger partial charge in [-0.15, -0.1) is 0 Å². The molecule has 20 heavy (non-hydrogen) atoms. The lowest BCUT2D eigenvalue weighted by Crippen LogP contribution is -2.32. The van der Waals surface area contributed by atoms with Gasteiger partial charge in [-0.25, -0.2) is 13.1 Å². The largest absolute Gasteiger partial charge is 0.395 e. The van der Waals surface area contributed by atoms with Crippen molar-refractivity contribution in [3.05, 3.63) is 24.0 Å². The zero-order chi connectivity index (χ0) is 14.4. The first kappa shape index (κ1) is 15.0. The van der Waals surface area contributed by atoms with Gasteiger partial charge in [-0.1, -0.05) is 18.3 Å². The van der Waals surface area contributed by atoms with Crippen LogP contribution < -0.4 is 4.72 Å². The third-order valence-electron chi connectivity index (χ3n) is 3.28. The zero-order valence-corrected chi connectivity index (χ0v) is 12.0. The summed E-state index contributed by atoms with van der Waals surface area (Å²) >= 11 is 0. The molecule has 0 spiro atoms. The van der Waals surface area contributed by atoms with Crippen molar-refractivity contribution >= 4 is 10.0 Å². The average Bonchev–Trinajstić information content (AvgIpc) is 2.37. The number of hydrogen-bond donors (Lipinski definition) is 2. The Morgan fingerprint density at radius 2 is 2.20 bits per heavy atom. The van der Waals surface area contributed by atoms with Crippen LogP contribution in [-0.2, 0) is 10.0 Å². The van der Waals surface area contributed by atoms with Crippen LogP contribution in [0.3, 0.4) is 0 Å². The molecular weight excluding hydrogens is 276 g/mol. The van der Waals surface area contributed by atoms with Crippen LogP contribution >= 0.6 is 0 Å². The first-order valence-corrected chi connectivity index (χ1v) is 8.14. The van der Waals surface area contributed by atoms with Gasteiger partial charge in [0.25, 0.3) is 0 Å². The zero-order valence-electron chi connectivity index (χ0n) is 11.2. The van der Waals surface area contributed by atoms with Gasteiger partial charge in [0.05, 0.1) is 6.61 Å². The van der Waals surface area contributed by atoms with Crippen molar-refractivity contribution in [3.8, 4) is 11.8 Å². The molecule has 0 aliphatic heterocycles. The Labute approximate surface area is 119 Å². The number of aliphatic hydroxyl groups excluding tert-OH is 1. The summed E-state index contributed by atoms with van der Waals surface area (Å²) in [6.45, 7) is 0.476. The van der Waals surface area contributed by atoms with E-state index in [4.69, 9.17) is 5.11 Å². The molecule has 6 heteroatoms. The second-order valence-corrected chi connectivity index (χ2v) is 6.60. The Bertz CT molecular complexity index is 613. The molecule has 2 rings (SSSR count). The van der Waals surface area contributed by atoms with Gasteiger partial charge in [-0.2, -0.15) is 0 Å². The van der Waals surface area contributed by atoms with Crippen molar-refractivity contribution in [2.75, 3.05) is 13.2 Å². The third kappa shape index (κ3) is 4.04. The molecule has 5 nitrogen and oxygen atoms in total. The van der Waals surface area contributed by atoms with Crippen molar-refractivity contribution in [2.24, 2.45) is 5.92 Å². The molecule has 0 amide bonds. The van der Waals surface area contributed by atoms with E-state index in [1.807, 2.05) is 0 Å². The summed E-state index contributed by atoms with van der Waals surface area (Å²) in [7, 11) is -3.51. The number of aliphatic hydroxyl groups is 1. The Kier molecular flexibility index (Phi) is 5.12. The smallest absolute Gasteiger partial charge is 0.242 e. The fourth-order valence-electron chi connectivity index (χ4n) is 1.86. The highest BCUT2D eigenvalue weighted by Crippen LogP contribution is 2.25. The normalized spacial score (nSPS) is 15.2. The van der Waals surface area contributed by atoms with E-state index in [2.05, 4.69) is 21.5 Å². The van der Waals surface area contributed by atoms with Crippen LogP contribution in [0.1, 0.15) is 31.2 Å². The molecule has 1 aliphatic rings. The summed E-state index contributed by atoms with van der Waals surface area (Å²) in [4.78, 5) is 4.04. The molecule has 2 N–H and O–H groups in total. The number of sulfonamides is 1. The fraction of sp³-hybridized carbons (Fsp3) is 0.500. The van der Waals surface area contributed by atoms with Crippen LogP contribution in [-0.4, -0.2) is 31.7 Å². The highest BCUT2D eigenvalue weighted by Gasteiger charge is 2.21. The summed E-state index contributed by atoms with van der Waals surface area (Å²) in [5.74, 6) is 5.99. The van der Waals surface area contributed by atoms with E-state index in [9.17, 15) is 8.42 Å². The van der Waals surface area contributed by atoms with E-state index >= 15 is 0 Å². The Hall–Kier alpha value is -1.42. The standard InChI is InChI=1S/C14H18N2O3S/c17-7-2-1-4-13-8-14(11-15-9-13)20(18,19)16-10-12-5-3-6-12/h8-9,11-12,16-17H,2-3,5-7,10H2. The minimum Gasteiger partial charge on any atom is -0.395 e. The Balaban J connectivity index is 2.06. The SMILES string of the molecule is O=S(=O)(NCC1CCC1)c1cncc(C#CCCO)c1. The van der Waals surface area contributed by atoms with Crippen LogP contribution in [0.2, 0.25) is 0 Å². The van der Waals surface area contributed by atoms with Gasteiger partial charge in [0, 0.05) is 30.9 Å². The van der Waals surface area contributed by atoms with Crippen molar-refractivity contribution in [1.29, 1.82) is 0 Å². The topological polar surface area (TPSA) is 79.3 Å². The van der Waals surface area contributed by atoms with Gasteiger partial charge in [0.15, 0.2) is 0 Å². The summed E-state index contributed by atoms with van der Waals surface area (Å²) in [5, 5.41) is 8.65. The number of nitrogens with zero attached hydrogens (tertiary/aromatic N) is 1. The number of pyridine rings is 1. The van der Waals surface area contributed by atoms with Gasteiger partial charge in [-0.05, 0) is 24.8 Å². The van der Waals surface area contributed by atoms with Gasteiger partial charge in [0.1, 0.15) is 4.90 Å². The summed E-state index contributed by atoms with van der Waals surface area (Å²) in [6, 6.07) is 1.50. The predicted molar refractivity (Wildman–Crippen MR) is 75.3 cm³/mol. The van der Waals surface area contributed by atoms with E-state index in [0.717, 1.165) is 12.8 Å². The molecule has 108 valence electrons. The lowest BCUT2D eigenvalue weighted by molar-refractivity contribution is 0.305. The van der Waals surface area contributed by atoms with E-state index in [1.165, 1.54) is 24.9 Å². The molecule has 1 aliphatic carbocycles. The maximum absolute atomic E-state index is 12.1. The van der Waals surface area contributed by atoms with Gasteiger partial charge >= 0.3 is 0 Å². The first-order chi connectivity index (χ1) is 9.62. The molecule has 1 fully saturated rings. The molecule has 1 saturated carbocycles. The molecule has 1 aromatic heterocycles. The maximum atomic E-state index is 12.1. The molecule has 1 aromatic rings.